The van der Waals surface area contributed by atoms with E-state index in [-0.39, 0.29) is 7.43 Å². The molecule has 0 bridgehead atoms. The van der Waals surface area contributed by atoms with Crippen LogP contribution in [0.25, 0.3) is 0 Å². The van der Waals surface area contributed by atoms with E-state index in [1.807, 2.05) is 34.5 Å². The van der Waals surface area contributed by atoms with Gasteiger partial charge in [-0.15, -0.1) is 13.2 Å². The average Bonchev–Trinajstić information content (AvgIpc) is 3.08. The number of carbonyl (C=O) groups is 1. The molecule has 0 saturated carbocycles. The third kappa shape index (κ3) is 29.7. The Hall–Kier alpha value is -0.930. The third-order valence-electron chi connectivity index (χ3n) is 3.02. The van der Waals surface area contributed by atoms with Gasteiger partial charge in [-0.05, 0) is 53.0 Å². The van der Waals surface area contributed by atoms with Gasteiger partial charge in [0.2, 0.25) is 0 Å². The Morgan fingerprint density at radius 1 is 1.17 bits per heavy atom. The molecule has 3 nitrogen and oxygen atoms in total. The van der Waals surface area contributed by atoms with Crippen molar-refractivity contribution in [2.45, 2.75) is 87.1 Å². The highest BCUT2D eigenvalue weighted by molar-refractivity contribution is 5.11. The van der Waals surface area contributed by atoms with Crippen LogP contribution in [0.4, 0.5) is 0 Å². The van der Waals surface area contributed by atoms with E-state index in [2.05, 4.69) is 45.3 Å². The smallest absolute Gasteiger partial charge is 0.106 e. The van der Waals surface area contributed by atoms with Crippen molar-refractivity contribution >= 4 is 6.79 Å². The fourth-order valence-electron chi connectivity index (χ4n) is 1.79. The van der Waals surface area contributed by atoms with Crippen LogP contribution in [0.1, 0.15) is 81.6 Å². The minimum atomic E-state index is 0. The predicted octanol–water partition coefficient (Wildman–Crippen LogP) is 5.79. The molecule has 2 N–H and O–H groups in total. The lowest BCUT2D eigenvalue weighted by molar-refractivity contribution is -0.0979. The van der Waals surface area contributed by atoms with Crippen molar-refractivity contribution in [2.75, 3.05) is 13.7 Å². The lowest BCUT2D eigenvalue weighted by Crippen LogP contribution is -2.35. The summed E-state index contributed by atoms with van der Waals surface area (Å²) in [5.41, 5.74) is 1.95. The van der Waals surface area contributed by atoms with Crippen LogP contribution in [-0.2, 0) is 4.79 Å². The molecular formula is C20H47NO2. The van der Waals surface area contributed by atoms with Crippen molar-refractivity contribution in [3.63, 3.8) is 0 Å². The van der Waals surface area contributed by atoms with Gasteiger partial charge in [-0.25, -0.2) is 0 Å². The number of allylic oxidation sites excluding steroid dienone is 2. The molecule has 1 aliphatic rings. The van der Waals surface area contributed by atoms with Crippen LogP contribution in [0.3, 0.4) is 0 Å². The van der Waals surface area contributed by atoms with Crippen molar-refractivity contribution in [3.8, 4) is 0 Å². The molecule has 0 aliphatic carbocycles. The predicted molar refractivity (Wildman–Crippen MR) is 110 cm³/mol. The van der Waals surface area contributed by atoms with Gasteiger partial charge >= 0.3 is 0 Å². The van der Waals surface area contributed by atoms with E-state index in [1.165, 1.54) is 37.8 Å². The highest BCUT2D eigenvalue weighted by Gasteiger charge is 2.26. The summed E-state index contributed by atoms with van der Waals surface area (Å²) in [4.78, 5) is 8.00. The molecule has 0 radical (unpaired) electrons. The lowest BCUT2D eigenvalue weighted by Gasteiger charge is -2.24. The molecule has 1 unspecified atom stereocenters. The summed E-state index contributed by atoms with van der Waals surface area (Å²) < 4.78 is 0. The number of aliphatic hydroxyl groups is 1. The fraction of sp³-hybridized carbons (Fsp3) is 0.750. The Morgan fingerprint density at radius 3 is 1.83 bits per heavy atom. The zero-order valence-corrected chi connectivity index (χ0v) is 16.6. The van der Waals surface area contributed by atoms with Crippen LogP contribution in [0, 0.1) is 0 Å². The van der Waals surface area contributed by atoms with Crippen molar-refractivity contribution in [1.29, 1.82) is 0 Å². The summed E-state index contributed by atoms with van der Waals surface area (Å²) in [6.45, 7) is 23.9. The first-order valence-electron chi connectivity index (χ1n) is 8.27. The molecule has 23 heavy (non-hydrogen) atoms. The Bertz CT molecular complexity index is 196. The van der Waals surface area contributed by atoms with E-state index in [1.54, 1.807) is 0 Å². The summed E-state index contributed by atoms with van der Waals surface area (Å²) in [7, 11) is 1.00. The van der Waals surface area contributed by atoms with Crippen LogP contribution < -0.4 is 5.32 Å². The number of rotatable bonds is 3. The Balaban J connectivity index is -0.0000000565. The first kappa shape index (κ1) is 37.9. The summed E-state index contributed by atoms with van der Waals surface area (Å²) in [5.74, 6) is 0. The zero-order chi connectivity index (χ0) is 19.0. The highest BCUT2D eigenvalue weighted by Crippen LogP contribution is 2.25. The van der Waals surface area contributed by atoms with E-state index in [9.17, 15) is 0 Å². The number of hydrogen-bond acceptors (Lipinski definition) is 3. The molecule has 1 fully saturated rings. The van der Waals surface area contributed by atoms with Gasteiger partial charge in [0.05, 0.1) is 0 Å². The Labute approximate surface area is 148 Å². The molecule has 0 amide bonds. The Kier molecular flexibility index (Phi) is 61.6. The van der Waals surface area contributed by atoms with Crippen LogP contribution in [0.5, 0.6) is 0 Å². The normalized spacial score (nSPS) is 17.3. The fourth-order valence-corrected chi connectivity index (χ4v) is 1.79. The van der Waals surface area contributed by atoms with Gasteiger partial charge in [-0.3, -0.25) is 0 Å². The van der Waals surface area contributed by atoms with Crippen LogP contribution in [0.15, 0.2) is 24.8 Å². The van der Waals surface area contributed by atoms with E-state index < -0.39 is 0 Å². The highest BCUT2D eigenvalue weighted by atomic mass is 16.2. The molecule has 0 aromatic carbocycles. The summed E-state index contributed by atoms with van der Waals surface area (Å²) in [6.07, 6.45) is 7.47. The maximum atomic E-state index is 8.00. The summed E-state index contributed by atoms with van der Waals surface area (Å²) in [5, 5.41) is 10.6. The van der Waals surface area contributed by atoms with E-state index >= 15 is 0 Å². The molecule has 0 aromatic rings. The van der Waals surface area contributed by atoms with Crippen molar-refractivity contribution < 1.29 is 9.90 Å². The van der Waals surface area contributed by atoms with Gasteiger partial charge in [0, 0.05) is 12.6 Å². The first-order valence-corrected chi connectivity index (χ1v) is 8.27. The minimum Gasteiger partial charge on any atom is -0.400 e. The minimum absolute atomic E-state index is 0. The van der Waals surface area contributed by atoms with Gasteiger partial charge in [-0.1, -0.05) is 46.8 Å². The molecule has 0 aromatic heterocycles. The van der Waals surface area contributed by atoms with Gasteiger partial charge in [-0.2, -0.15) is 0 Å². The third-order valence-corrected chi connectivity index (χ3v) is 3.02. The number of carbonyl (C=O) groups excluding carboxylic acids is 1. The quantitative estimate of drug-likeness (QED) is 0.643. The topological polar surface area (TPSA) is 49.3 Å². The standard InChI is InChI=1S/C11H21N.2C2H6.C2H4.CH4O.CH2O.CH4/c1-4-10(2)6-8-11(3)7-5-9-12-11;5*1-2;/h4,12H,5-9H2,1-3H3;2*1-2H3;1-2H2;2H,1H3;1H2;1H4/b10-4-;;;;;;. The number of hydrogen-bond donors (Lipinski definition) is 2. The molecular weight excluding hydrogens is 286 g/mol. The Morgan fingerprint density at radius 2 is 1.57 bits per heavy atom. The molecule has 144 valence electrons. The zero-order valence-electron chi connectivity index (χ0n) is 16.6. The molecule has 1 saturated heterocycles. The molecule has 1 heterocycles. The van der Waals surface area contributed by atoms with Gasteiger partial charge in [0.15, 0.2) is 0 Å². The molecule has 0 spiro atoms. The van der Waals surface area contributed by atoms with Gasteiger partial charge in [0.1, 0.15) is 6.79 Å². The molecule has 1 aliphatic heterocycles. The van der Waals surface area contributed by atoms with Gasteiger partial charge < -0.3 is 15.2 Å². The molecule has 3 heteroatoms. The van der Waals surface area contributed by atoms with Crippen molar-refractivity contribution in [3.05, 3.63) is 24.8 Å². The maximum Gasteiger partial charge on any atom is 0.106 e. The molecule has 1 atom stereocenters. The van der Waals surface area contributed by atoms with Crippen LogP contribution >= 0.6 is 0 Å². The van der Waals surface area contributed by atoms with E-state index in [0.29, 0.717) is 5.54 Å². The van der Waals surface area contributed by atoms with Gasteiger partial charge in [0.25, 0.3) is 0 Å². The first-order chi connectivity index (χ1) is 10.7. The summed E-state index contributed by atoms with van der Waals surface area (Å²) in [6, 6.07) is 0. The lowest BCUT2D eigenvalue weighted by atomic mass is 9.92. The monoisotopic (exact) mass is 333 g/mol. The van der Waals surface area contributed by atoms with Crippen LogP contribution in [-0.4, -0.2) is 31.1 Å². The second kappa shape index (κ2) is 37.4. The SMILES string of the molecule is C.C/C=C(/C)CCC1(C)CCCN1.C=C.C=O.CC.CC.CO. The average molecular weight is 334 g/mol. The van der Waals surface area contributed by atoms with E-state index in [4.69, 9.17) is 9.90 Å². The second-order valence-corrected chi connectivity index (χ2v) is 4.23. The van der Waals surface area contributed by atoms with E-state index in [0.717, 1.165) is 7.11 Å². The maximum absolute atomic E-state index is 8.00. The molecule has 1 rings (SSSR count). The van der Waals surface area contributed by atoms with Crippen molar-refractivity contribution in [1.82, 2.24) is 5.32 Å². The van der Waals surface area contributed by atoms with Crippen molar-refractivity contribution in [2.24, 2.45) is 0 Å². The number of aliphatic hydroxyl groups excluding tert-OH is 1. The summed E-state index contributed by atoms with van der Waals surface area (Å²) >= 11 is 0. The van der Waals surface area contributed by atoms with Crippen LogP contribution in [0.2, 0.25) is 0 Å². The second-order valence-electron chi connectivity index (χ2n) is 4.23. The number of nitrogens with one attached hydrogen (secondary N) is 1. The largest absolute Gasteiger partial charge is 0.400 e.